The van der Waals surface area contributed by atoms with Gasteiger partial charge in [0.1, 0.15) is 0 Å². The lowest BCUT2D eigenvalue weighted by atomic mass is 10.3. The minimum atomic E-state index is -3.75. The van der Waals surface area contributed by atoms with Crippen LogP contribution in [0.15, 0.2) is 53.7 Å². The molecule has 1 N–H and O–H groups in total. The number of pyridine rings is 1. The first-order valence-electron chi connectivity index (χ1n) is 6.67. The Hall–Kier alpha value is -1.92. The van der Waals surface area contributed by atoms with Gasteiger partial charge >= 0.3 is 0 Å². The van der Waals surface area contributed by atoms with Crippen LogP contribution in [-0.2, 0) is 14.6 Å². The Kier molecular flexibility index (Phi) is 3.66. The second-order valence-corrected chi connectivity index (χ2v) is 7.84. The fraction of sp³-hybridized carbons (Fsp3) is 0.200. The molecule has 7 heteroatoms. The fourth-order valence-electron chi connectivity index (χ4n) is 2.25. The van der Waals surface area contributed by atoms with E-state index in [2.05, 4.69) is 10.3 Å². The van der Waals surface area contributed by atoms with Gasteiger partial charge in [-0.15, -0.1) is 0 Å². The van der Waals surface area contributed by atoms with Gasteiger partial charge in [-0.2, -0.15) is 0 Å². The largest absolute Gasteiger partial charge is 0.323 e. The molecule has 0 spiro atoms. The van der Waals surface area contributed by atoms with Crippen molar-refractivity contribution in [2.24, 2.45) is 0 Å². The van der Waals surface area contributed by atoms with Crippen LogP contribution in [0.25, 0.3) is 0 Å². The molecule has 1 aliphatic carbocycles. The standard InChI is InChI=1S/C15H13ClN2O3S/c16-11-3-5-13(6-4-11)22(20,21)15(7-8-15)14(19)18-12-2-1-9-17-10-12/h1-6,9-10H,7-8H2,(H,18,19). The number of halogens is 1. The molecule has 1 aliphatic rings. The summed E-state index contributed by atoms with van der Waals surface area (Å²) >= 11 is 5.78. The summed E-state index contributed by atoms with van der Waals surface area (Å²) in [4.78, 5) is 16.4. The molecule has 0 radical (unpaired) electrons. The first kappa shape index (κ1) is 15.0. The lowest BCUT2D eigenvalue weighted by molar-refractivity contribution is -0.116. The third-order valence-electron chi connectivity index (χ3n) is 3.68. The highest BCUT2D eigenvalue weighted by Gasteiger charge is 2.61. The second kappa shape index (κ2) is 5.37. The number of carbonyl (C=O) groups is 1. The van der Waals surface area contributed by atoms with Gasteiger partial charge in [0.2, 0.25) is 5.91 Å². The normalized spacial score (nSPS) is 16.0. The van der Waals surface area contributed by atoms with Crippen molar-refractivity contribution in [1.29, 1.82) is 0 Å². The molecular weight excluding hydrogens is 324 g/mol. The van der Waals surface area contributed by atoms with Crippen LogP contribution in [-0.4, -0.2) is 24.1 Å². The highest BCUT2D eigenvalue weighted by molar-refractivity contribution is 7.94. The zero-order valence-electron chi connectivity index (χ0n) is 11.5. The molecule has 1 aromatic heterocycles. The number of hydrogen-bond acceptors (Lipinski definition) is 4. The molecule has 1 fully saturated rings. The zero-order chi connectivity index (χ0) is 15.8. The van der Waals surface area contributed by atoms with Crippen molar-refractivity contribution in [3.63, 3.8) is 0 Å². The lowest BCUT2D eigenvalue weighted by Gasteiger charge is -2.16. The maximum Gasteiger partial charge on any atom is 0.246 e. The number of sulfone groups is 1. The smallest absolute Gasteiger partial charge is 0.246 e. The molecule has 0 aliphatic heterocycles. The number of aromatic nitrogens is 1. The van der Waals surface area contributed by atoms with Crippen LogP contribution in [0.2, 0.25) is 5.02 Å². The molecule has 0 bridgehead atoms. The second-order valence-electron chi connectivity index (χ2n) is 5.15. The van der Waals surface area contributed by atoms with Crippen molar-refractivity contribution >= 4 is 33.0 Å². The van der Waals surface area contributed by atoms with Crippen LogP contribution >= 0.6 is 11.6 Å². The van der Waals surface area contributed by atoms with Crippen molar-refractivity contribution < 1.29 is 13.2 Å². The summed E-state index contributed by atoms with van der Waals surface area (Å²) in [6, 6.07) is 9.19. The van der Waals surface area contributed by atoms with Gasteiger partial charge in [0.25, 0.3) is 0 Å². The molecule has 1 heterocycles. The van der Waals surface area contributed by atoms with Gasteiger partial charge in [-0.25, -0.2) is 8.42 Å². The highest BCUT2D eigenvalue weighted by atomic mass is 35.5. The molecule has 0 atom stereocenters. The fourth-order valence-corrected chi connectivity index (χ4v) is 4.26. The van der Waals surface area contributed by atoms with E-state index >= 15 is 0 Å². The van der Waals surface area contributed by atoms with E-state index in [4.69, 9.17) is 11.6 Å². The van der Waals surface area contributed by atoms with E-state index in [0.29, 0.717) is 23.6 Å². The van der Waals surface area contributed by atoms with Gasteiger partial charge < -0.3 is 5.32 Å². The van der Waals surface area contributed by atoms with Crippen LogP contribution in [0, 0.1) is 0 Å². The zero-order valence-corrected chi connectivity index (χ0v) is 13.1. The Labute approximate surface area is 133 Å². The van der Waals surface area contributed by atoms with E-state index in [1.54, 1.807) is 18.3 Å². The minimum absolute atomic E-state index is 0.107. The molecular formula is C15H13ClN2O3S. The van der Waals surface area contributed by atoms with Gasteiger partial charge in [-0.05, 0) is 49.2 Å². The Morgan fingerprint density at radius 3 is 2.41 bits per heavy atom. The number of anilines is 1. The van der Waals surface area contributed by atoms with Crippen LogP contribution in [0.1, 0.15) is 12.8 Å². The Morgan fingerprint density at radius 2 is 1.86 bits per heavy atom. The number of hydrogen-bond donors (Lipinski definition) is 1. The van der Waals surface area contributed by atoms with Gasteiger partial charge in [0.15, 0.2) is 14.6 Å². The predicted octanol–water partition coefficient (Wildman–Crippen LogP) is 2.68. The Balaban J connectivity index is 1.89. The maximum atomic E-state index is 12.7. The monoisotopic (exact) mass is 336 g/mol. The third-order valence-corrected chi connectivity index (χ3v) is 6.44. The molecule has 22 heavy (non-hydrogen) atoms. The highest BCUT2D eigenvalue weighted by Crippen LogP contribution is 2.47. The predicted molar refractivity (Wildman–Crippen MR) is 83.5 cm³/mol. The van der Waals surface area contributed by atoms with Crippen LogP contribution < -0.4 is 5.32 Å². The third kappa shape index (κ3) is 2.48. The maximum absolute atomic E-state index is 12.7. The van der Waals surface area contributed by atoms with E-state index in [0.717, 1.165) is 0 Å². The topological polar surface area (TPSA) is 76.1 Å². The number of amides is 1. The summed E-state index contributed by atoms with van der Waals surface area (Å²) in [6.45, 7) is 0. The summed E-state index contributed by atoms with van der Waals surface area (Å²) in [5.74, 6) is -0.518. The number of nitrogens with zero attached hydrogens (tertiary/aromatic N) is 1. The van der Waals surface area contributed by atoms with E-state index in [1.165, 1.54) is 30.5 Å². The molecule has 0 saturated heterocycles. The van der Waals surface area contributed by atoms with Gasteiger partial charge in [0, 0.05) is 11.2 Å². The van der Waals surface area contributed by atoms with Gasteiger partial charge in [0.05, 0.1) is 16.8 Å². The molecule has 0 unspecified atom stereocenters. The van der Waals surface area contributed by atoms with E-state index in [-0.39, 0.29) is 4.90 Å². The van der Waals surface area contributed by atoms with Crippen LogP contribution in [0.4, 0.5) is 5.69 Å². The molecule has 2 aromatic rings. The summed E-state index contributed by atoms with van der Waals surface area (Å²) in [5, 5.41) is 3.07. The SMILES string of the molecule is O=C(Nc1cccnc1)C1(S(=O)(=O)c2ccc(Cl)cc2)CC1. The van der Waals surface area contributed by atoms with Crippen LogP contribution in [0.3, 0.4) is 0 Å². The average molecular weight is 337 g/mol. The molecule has 114 valence electrons. The number of benzene rings is 1. The van der Waals surface area contributed by atoms with Crippen molar-refractivity contribution in [3.05, 3.63) is 53.8 Å². The quantitative estimate of drug-likeness (QED) is 0.931. The van der Waals surface area contributed by atoms with Gasteiger partial charge in [-0.1, -0.05) is 11.6 Å². The Morgan fingerprint density at radius 1 is 1.18 bits per heavy atom. The first-order valence-corrected chi connectivity index (χ1v) is 8.53. The molecule has 5 nitrogen and oxygen atoms in total. The number of carbonyl (C=O) groups excluding carboxylic acids is 1. The first-order chi connectivity index (χ1) is 10.5. The van der Waals surface area contributed by atoms with Crippen LogP contribution in [0.5, 0.6) is 0 Å². The van der Waals surface area contributed by atoms with Crippen molar-refractivity contribution in [2.75, 3.05) is 5.32 Å². The average Bonchev–Trinajstić information content (AvgIpc) is 3.31. The summed E-state index contributed by atoms with van der Waals surface area (Å²) in [6.07, 6.45) is 3.67. The van der Waals surface area contributed by atoms with E-state index in [1.807, 2.05) is 0 Å². The van der Waals surface area contributed by atoms with Crippen molar-refractivity contribution in [2.45, 2.75) is 22.5 Å². The van der Waals surface area contributed by atoms with E-state index < -0.39 is 20.5 Å². The summed E-state index contributed by atoms with van der Waals surface area (Å²) in [5.41, 5.74) is 0.477. The molecule has 3 rings (SSSR count). The molecule has 1 aromatic carbocycles. The minimum Gasteiger partial charge on any atom is -0.323 e. The summed E-state index contributed by atoms with van der Waals surface area (Å²) < 4.78 is 24.1. The number of rotatable bonds is 4. The number of nitrogens with one attached hydrogen (secondary N) is 1. The molecule has 1 saturated carbocycles. The van der Waals surface area contributed by atoms with E-state index in [9.17, 15) is 13.2 Å². The lowest BCUT2D eigenvalue weighted by Crippen LogP contribution is -2.37. The van der Waals surface area contributed by atoms with Crippen molar-refractivity contribution in [1.82, 2.24) is 4.98 Å². The van der Waals surface area contributed by atoms with Gasteiger partial charge in [-0.3, -0.25) is 9.78 Å². The van der Waals surface area contributed by atoms with Crippen molar-refractivity contribution in [3.8, 4) is 0 Å². The molecule has 1 amide bonds. The Bertz CT molecular complexity index is 800. The summed E-state index contributed by atoms with van der Waals surface area (Å²) in [7, 11) is -3.75.